The van der Waals surface area contributed by atoms with Gasteiger partial charge in [-0.3, -0.25) is 9.59 Å². The van der Waals surface area contributed by atoms with Gasteiger partial charge < -0.3 is 14.6 Å². The van der Waals surface area contributed by atoms with E-state index in [1.807, 2.05) is 13.8 Å². The van der Waals surface area contributed by atoms with Crippen LogP contribution >= 0.6 is 0 Å². The average Bonchev–Trinajstić information content (AvgIpc) is 3.36. The summed E-state index contributed by atoms with van der Waals surface area (Å²) in [6.45, 7) is 5.58. The van der Waals surface area contributed by atoms with E-state index in [4.69, 9.17) is 4.74 Å². The SMILES string of the molecule is Cc1c(C#N)c(NC(=O)COC(=O)C2CC2C)n(Cc2ccc(F)cc2)c1C. The Balaban J connectivity index is 1.77. The van der Waals surface area contributed by atoms with Crippen LogP contribution in [0.4, 0.5) is 10.2 Å². The van der Waals surface area contributed by atoms with E-state index in [0.717, 1.165) is 23.2 Å². The number of rotatable bonds is 6. The van der Waals surface area contributed by atoms with E-state index < -0.39 is 12.5 Å². The van der Waals surface area contributed by atoms with Gasteiger partial charge in [-0.25, -0.2) is 4.39 Å². The third-order valence-corrected chi connectivity index (χ3v) is 5.21. The number of hydrogen-bond donors (Lipinski definition) is 1. The lowest BCUT2D eigenvalue weighted by Crippen LogP contribution is -2.23. The van der Waals surface area contributed by atoms with Crippen molar-refractivity contribution in [3.8, 4) is 6.07 Å². The quantitative estimate of drug-likeness (QED) is 0.776. The molecule has 1 saturated carbocycles. The fourth-order valence-electron chi connectivity index (χ4n) is 3.16. The smallest absolute Gasteiger partial charge is 0.309 e. The van der Waals surface area contributed by atoms with Gasteiger partial charge in [0.1, 0.15) is 17.7 Å². The molecule has 0 bridgehead atoms. The number of hydrogen-bond acceptors (Lipinski definition) is 4. The molecule has 0 radical (unpaired) electrons. The van der Waals surface area contributed by atoms with Crippen molar-refractivity contribution in [1.82, 2.24) is 4.57 Å². The summed E-state index contributed by atoms with van der Waals surface area (Å²) in [5.41, 5.74) is 2.76. The standard InChI is InChI=1S/C21H22FN3O3/c1-12-8-17(12)21(27)28-11-19(26)24-20-18(9-23)13(2)14(3)25(20)10-15-4-6-16(22)7-5-15/h4-7,12,17H,8,10-11H2,1-3H3,(H,24,26). The summed E-state index contributed by atoms with van der Waals surface area (Å²) < 4.78 is 20.0. The van der Waals surface area contributed by atoms with Gasteiger partial charge in [0.05, 0.1) is 11.5 Å². The third-order valence-electron chi connectivity index (χ3n) is 5.21. The van der Waals surface area contributed by atoms with Crippen LogP contribution in [-0.4, -0.2) is 23.1 Å². The van der Waals surface area contributed by atoms with Crippen LogP contribution in [0.25, 0.3) is 0 Å². The second-order valence-corrected chi connectivity index (χ2v) is 7.23. The predicted octanol–water partition coefficient (Wildman–Crippen LogP) is 3.30. The lowest BCUT2D eigenvalue weighted by Gasteiger charge is -2.13. The molecule has 1 aromatic carbocycles. The van der Waals surface area contributed by atoms with Gasteiger partial charge in [0.25, 0.3) is 5.91 Å². The van der Waals surface area contributed by atoms with Gasteiger partial charge in [-0.15, -0.1) is 0 Å². The summed E-state index contributed by atoms with van der Waals surface area (Å²) in [5, 5.41) is 12.2. The van der Waals surface area contributed by atoms with Crippen molar-refractivity contribution in [2.45, 2.75) is 33.7 Å². The Morgan fingerprint density at radius 3 is 2.54 bits per heavy atom. The number of halogens is 1. The molecule has 1 amide bonds. The van der Waals surface area contributed by atoms with E-state index in [2.05, 4.69) is 11.4 Å². The number of anilines is 1. The predicted molar refractivity (Wildman–Crippen MR) is 101 cm³/mol. The van der Waals surface area contributed by atoms with Crippen molar-refractivity contribution in [3.05, 3.63) is 52.5 Å². The average molecular weight is 383 g/mol. The Bertz CT molecular complexity index is 957. The maximum absolute atomic E-state index is 13.2. The Morgan fingerprint density at radius 1 is 1.32 bits per heavy atom. The molecule has 146 valence electrons. The summed E-state index contributed by atoms with van der Waals surface area (Å²) in [4.78, 5) is 24.1. The fraction of sp³-hybridized carbons (Fsp3) is 0.381. The molecule has 1 fully saturated rings. The Kier molecular flexibility index (Phi) is 5.50. The van der Waals surface area contributed by atoms with E-state index in [1.165, 1.54) is 12.1 Å². The van der Waals surface area contributed by atoms with Crippen molar-refractivity contribution in [2.24, 2.45) is 11.8 Å². The minimum atomic E-state index is -0.504. The Labute approximate surface area is 162 Å². The molecule has 3 rings (SSSR count). The number of aromatic nitrogens is 1. The molecule has 0 spiro atoms. The van der Waals surface area contributed by atoms with Gasteiger partial charge in [0.2, 0.25) is 0 Å². The molecule has 7 heteroatoms. The van der Waals surface area contributed by atoms with Crippen LogP contribution in [-0.2, 0) is 20.9 Å². The van der Waals surface area contributed by atoms with Crippen LogP contribution in [0.2, 0.25) is 0 Å². The molecule has 1 aliphatic rings. The number of nitrogens with one attached hydrogen (secondary N) is 1. The first-order valence-corrected chi connectivity index (χ1v) is 9.12. The summed E-state index contributed by atoms with van der Waals surface area (Å²) in [5.74, 6) is -0.661. The normalized spacial score (nSPS) is 17.7. The number of carbonyl (C=O) groups excluding carboxylic acids is 2. The number of benzene rings is 1. The van der Waals surface area contributed by atoms with Crippen LogP contribution in [0.3, 0.4) is 0 Å². The van der Waals surface area contributed by atoms with Gasteiger partial charge in [-0.2, -0.15) is 5.26 Å². The molecule has 1 aliphatic carbocycles. The van der Waals surface area contributed by atoms with E-state index in [9.17, 15) is 19.2 Å². The Hall–Kier alpha value is -3.14. The maximum Gasteiger partial charge on any atom is 0.309 e. The highest BCUT2D eigenvalue weighted by Gasteiger charge is 2.40. The van der Waals surface area contributed by atoms with Crippen molar-refractivity contribution in [2.75, 3.05) is 11.9 Å². The highest BCUT2D eigenvalue weighted by atomic mass is 19.1. The van der Waals surface area contributed by atoms with E-state index >= 15 is 0 Å². The van der Waals surface area contributed by atoms with Crippen molar-refractivity contribution in [3.63, 3.8) is 0 Å². The van der Waals surface area contributed by atoms with Gasteiger partial charge >= 0.3 is 5.97 Å². The zero-order valence-corrected chi connectivity index (χ0v) is 16.1. The molecule has 1 N–H and O–H groups in total. The molecule has 1 heterocycles. The first-order chi connectivity index (χ1) is 13.3. The Morgan fingerprint density at radius 2 is 1.96 bits per heavy atom. The highest BCUT2D eigenvalue weighted by Crippen LogP contribution is 2.38. The number of nitrogens with zero attached hydrogens (tertiary/aromatic N) is 2. The maximum atomic E-state index is 13.2. The molecular formula is C21H22FN3O3. The molecule has 0 saturated heterocycles. The van der Waals surface area contributed by atoms with E-state index in [0.29, 0.717) is 23.8 Å². The molecule has 2 atom stereocenters. The summed E-state index contributed by atoms with van der Waals surface area (Å²) in [7, 11) is 0. The molecule has 1 aromatic heterocycles. The van der Waals surface area contributed by atoms with Crippen molar-refractivity contribution >= 4 is 17.7 Å². The zero-order chi connectivity index (χ0) is 20.4. The van der Waals surface area contributed by atoms with Crippen molar-refractivity contribution in [1.29, 1.82) is 5.26 Å². The van der Waals surface area contributed by atoms with Gasteiger partial charge in [-0.1, -0.05) is 19.1 Å². The van der Waals surface area contributed by atoms with E-state index in [1.54, 1.807) is 23.6 Å². The zero-order valence-electron chi connectivity index (χ0n) is 16.1. The van der Waals surface area contributed by atoms with Gasteiger partial charge in [0.15, 0.2) is 6.61 Å². The number of ether oxygens (including phenoxy) is 1. The molecule has 28 heavy (non-hydrogen) atoms. The fourth-order valence-corrected chi connectivity index (χ4v) is 3.16. The van der Waals surface area contributed by atoms with Crippen LogP contribution in [0.1, 0.15) is 35.7 Å². The lowest BCUT2D eigenvalue weighted by molar-refractivity contribution is -0.148. The first-order valence-electron chi connectivity index (χ1n) is 9.12. The van der Waals surface area contributed by atoms with Crippen LogP contribution in [0.5, 0.6) is 0 Å². The second kappa shape index (κ2) is 7.85. The van der Waals surface area contributed by atoms with Crippen molar-refractivity contribution < 1.29 is 18.7 Å². The van der Waals surface area contributed by atoms with Crippen LogP contribution < -0.4 is 5.32 Å². The topological polar surface area (TPSA) is 84.1 Å². The molecule has 6 nitrogen and oxygen atoms in total. The molecule has 2 unspecified atom stereocenters. The first kappa shape index (κ1) is 19.6. The molecule has 2 aromatic rings. The number of esters is 1. The third kappa shape index (κ3) is 4.06. The number of amides is 1. The minimum absolute atomic E-state index is 0.116. The highest BCUT2D eigenvalue weighted by molar-refractivity contribution is 5.94. The number of carbonyl (C=O) groups is 2. The molecular weight excluding hydrogens is 361 g/mol. The number of nitriles is 1. The molecule has 0 aliphatic heterocycles. The van der Waals surface area contributed by atoms with Gasteiger partial charge in [-0.05, 0) is 49.4 Å². The second-order valence-electron chi connectivity index (χ2n) is 7.23. The summed E-state index contributed by atoms with van der Waals surface area (Å²) >= 11 is 0. The van der Waals surface area contributed by atoms with Crippen LogP contribution in [0.15, 0.2) is 24.3 Å². The minimum Gasteiger partial charge on any atom is -0.455 e. The largest absolute Gasteiger partial charge is 0.455 e. The summed E-state index contributed by atoms with van der Waals surface area (Å²) in [6.07, 6.45) is 0.790. The lowest BCUT2D eigenvalue weighted by atomic mass is 10.2. The monoisotopic (exact) mass is 383 g/mol. The van der Waals surface area contributed by atoms with Crippen LogP contribution in [0, 0.1) is 42.8 Å². The van der Waals surface area contributed by atoms with Gasteiger partial charge in [0, 0.05) is 12.2 Å². The van der Waals surface area contributed by atoms with E-state index in [-0.39, 0.29) is 17.7 Å². The summed E-state index contributed by atoms with van der Waals surface area (Å²) in [6, 6.07) is 8.15.